The highest BCUT2D eigenvalue weighted by Gasteiger charge is 2.24. The van der Waals surface area contributed by atoms with Crippen LogP contribution < -0.4 is 5.14 Å². The molecule has 0 saturated carbocycles. The largest absolute Gasteiger partial charge is 0.296 e. The van der Waals surface area contributed by atoms with E-state index in [4.69, 9.17) is 5.14 Å². The molecule has 1 heterocycles. The van der Waals surface area contributed by atoms with Gasteiger partial charge in [-0.05, 0) is 18.1 Å². The van der Waals surface area contributed by atoms with Crippen LogP contribution >= 0.6 is 0 Å². The summed E-state index contributed by atoms with van der Waals surface area (Å²) < 4.78 is 51.4. The van der Waals surface area contributed by atoms with Crippen LogP contribution in [0.3, 0.4) is 0 Å². The summed E-state index contributed by atoms with van der Waals surface area (Å²) in [5.41, 5.74) is -0.168. The molecule has 0 fully saturated rings. The number of primary sulfonamides is 1. The first-order valence-corrected chi connectivity index (χ1v) is 7.67. The van der Waals surface area contributed by atoms with Gasteiger partial charge in [-0.3, -0.25) is 4.57 Å². The smallest absolute Gasteiger partial charge is 0.273 e. The lowest BCUT2D eigenvalue weighted by molar-refractivity contribution is 0.482. The van der Waals surface area contributed by atoms with Crippen LogP contribution in [0.4, 0.5) is 8.78 Å². The van der Waals surface area contributed by atoms with Crippen molar-refractivity contribution in [1.29, 1.82) is 0 Å². The van der Waals surface area contributed by atoms with Crippen LogP contribution in [-0.4, -0.2) is 23.2 Å². The van der Waals surface area contributed by atoms with Gasteiger partial charge in [0, 0.05) is 6.54 Å². The molecule has 1 aromatic heterocycles. The summed E-state index contributed by atoms with van der Waals surface area (Å²) in [6.45, 7) is 3.86. The Morgan fingerprint density at radius 2 is 1.95 bits per heavy atom. The predicted molar refractivity (Wildman–Crippen MR) is 71.6 cm³/mol. The van der Waals surface area contributed by atoms with Crippen molar-refractivity contribution >= 4 is 10.0 Å². The second kappa shape index (κ2) is 5.49. The highest BCUT2D eigenvalue weighted by molar-refractivity contribution is 7.89. The average Bonchev–Trinajstić information content (AvgIpc) is 2.75. The van der Waals surface area contributed by atoms with Gasteiger partial charge in [0.1, 0.15) is 0 Å². The number of rotatable bonds is 4. The van der Waals surface area contributed by atoms with Crippen LogP contribution in [0.2, 0.25) is 0 Å². The highest BCUT2D eigenvalue weighted by Crippen LogP contribution is 2.25. The standard InChI is InChI=1S/C12H14F2N4O2S/c1-7(2)6-18-11(16-17-12(18)21(15,19)20)8-4-3-5-9(13)10(8)14/h3-5,7H,6H2,1-2H3,(H2,15,19,20). The van der Waals surface area contributed by atoms with Crippen LogP contribution in [-0.2, 0) is 16.6 Å². The van der Waals surface area contributed by atoms with E-state index in [-0.39, 0.29) is 23.9 Å². The van der Waals surface area contributed by atoms with Crippen molar-refractivity contribution in [1.82, 2.24) is 14.8 Å². The zero-order chi connectivity index (χ0) is 15.8. The third-order valence-electron chi connectivity index (χ3n) is 2.71. The molecule has 2 rings (SSSR count). The Morgan fingerprint density at radius 3 is 2.52 bits per heavy atom. The molecule has 9 heteroatoms. The van der Waals surface area contributed by atoms with Gasteiger partial charge in [0.2, 0.25) is 0 Å². The number of nitrogens with zero attached hydrogens (tertiary/aromatic N) is 3. The normalized spacial score (nSPS) is 12.1. The van der Waals surface area contributed by atoms with E-state index in [2.05, 4.69) is 10.2 Å². The van der Waals surface area contributed by atoms with Crippen molar-refractivity contribution in [2.45, 2.75) is 25.5 Å². The van der Waals surface area contributed by atoms with Gasteiger partial charge in [-0.25, -0.2) is 22.3 Å². The molecule has 0 bridgehead atoms. The number of hydrogen-bond acceptors (Lipinski definition) is 4. The lowest BCUT2D eigenvalue weighted by atomic mass is 10.1. The first-order valence-electron chi connectivity index (χ1n) is 6.12. The van der Waals surface area contributed by atoms with E-state index < -0.39 is 26.8 Å². The zero-order valence-electron chi connectivity index (χ0n) is 11.4. The van der Waals surface area contributed by atoms with Gasteiger partial charge >= 0.3 is 0 Å². The number of sulfonamides is 1. The van der Waals surface area contributed by atoms with E-state index in [1.165, 1.54) is 16.7 Å². The van der Waals surface area contributed by atoms with Gasteiger partial charge in [0.15, 0.2) is 17.5 Å². The quantitative estimate of drug-likeness (QED) is 0.926. The molecular formula is C12H14F2N4O2S. The monoisotopic (exact) mass is 316 g/mol. The molecule has 2 N–H and O–H groups in total. The Labute approximate surface area is 120 Å². The molecule has 1 aromatic carbocycles. The van der Waals surface area contributed by atoms with E-state index >= 15 is 0 Å². The molecule has 6 nitrogen and oxygen atoms in total. The van der Waals surface area contributed by atoms with Crippen LogP contribution in [0, 0.1) is 17.6 Å². The van der Waals surface area contributed by atoms with Gasteiger partial charge in [0.05, 0.1) is 5.56 Å². The van der Waals surface area contributed by atoms with Crippen LogP contribution in [0.15, 0.2) is 23.4 Å². The van der Waals surface area contributed by atoms with E-state index in [9.17, 15) is 17.2 Å². The summed E-state index contributed by atoms with van der Waals surface area (Å²) in [6, 6.07) is 3.56. The second-order valence-electron chi connectivity index (χ2n) is 4.96. The summed E-state index contributed by atoms with van der Waals surface area (Å²) in [5, 5.41) is 11.8. The maximum absolute atomic E-state index is 13.9. The fraction of sp³-hybridized carbons (Fsp3) is 0.333. The Hall–Kier alpha value is -1.87. The van der Waals surface area contributed by atoms with Gasteiger partial charge in [-0.2, -0.15) is 0 Å². The molecule has 0 atom stereocenters. The van der Waals surface area contributed by atoms with Crippen molar-refractivity contribution in [3.05, 3.63) is 29.8 Å². The average molecular weight is 316 g/mol. The fourth-order valence-electron chi connectivity index (χ4n) is 1.90. The minimum atomic E-state index is -4.12. The molecular weight excluding hydrogens is 302 g/mol. The molecule has 0 aliphatic heterocycles. The molecule has 0 saturated heterocycles. The summed E-state index contributed by atoms with van der Waals surface area (Å²) in [7, 11) is -4.12. The summed E-state index contributed by atoms with van der Waals surface area (Å²) in [4.78, 5) is 0. The minimum absolute atomic E-state index is 0.0249. The van der Waals surface area contributed by atoms with Crippen molar-refractivity contribution in [2.24, 2.45) is 11.1 Å². The van der Waals surface area contributed by atoms with Crippen molar-refractivity contribution < 1.29 is 17.2 Å². The molecule has 114 valence electrons. The summed E-state index contributed by atoms with van der Waals surface area (Å²) >= 11 is 0. The zero-order valence-corrected chi connectivity index (χ0v) is 12.2. The SMILES string of the molecule is CC(C)Cn1c(-c2cccc(F)c2F)nnc1S(N)(=O)=O. The lowest BCUT2D eigenvalue weighted by Crippen LogP contribution is -2.20. The van der Waals surface area contributed by atoms with E-state index in [1.807, 2.05) is 13.8 Å². The molecule has 0 aliphatic rings. The molecule has 0 amide bonds. The Kier molecular flexibility index (Phi) is 4.06. The van der Waals surface area contributed by atoms with Crippen LogP contribution in [0.25, 0.3) is 11.4 Å². The second-order valence-corrected chi connectivity index (χ2v) is 6.41. The first-order chi connectivity index (χ1) is 9.71. The number of halogens is 2. The van der Waals surface area contributed by atoms with Gasteiger partial charge in [0.25, 0.3) is 15.2 Å². The van der Waals surface area contributed by atoms with E-state index in [0.717, 1.165) is 6.07 Å². The lowest BCUT2D eigenvalue weighted by Gasteiger charge is -2.12. The maximum atomic E-state index is 13.9. The highest BCUT2D eigenvalue weighted by atomic mass is 32.2. The third kappa shape index (κ3) is 3.08. The van der Waals surface area contributed by atoms with Gasteiger partial charge in [-0.1, -0.05) is 19.9 Å². The Balaban J connectivity index is 2.70. The molecule has 0 unspecified atom stereocenters. The van der Waals surface area contributed by atoms with Gasteiger partial charge in [-0.15, -0.1) is 10.2 Å². The van der Waals surface area contributed by atoms with Crippen molar-refractivity contribution in [3.63, 3.8) is 0 Å². The summed E-state index contributed by atoms with van der Waals surface area (Å²) in [6.07, 6.45) is 0. The first kappa shape index (κ1) is 15.5. The Bertz CT molecular complexity index is 772. The molecule has 0 radical (unpaired) electrons. The fourth-order valence-corrected chi connectivity index (χ4v) is 2.53. The molecule has 21 heavy (non-hydrogen) atoms. The van der Waals surface area contributed by atoms with Crippen LogP contribution in [0.1, 0.15) is 13.8 Å². The minimum Gasteiger partial charge on any atom is -0.296 e. The number of hydrogen-bond donors (Lipinski definition) is 1. The van der Waals surface area contributed by atoms with Crippen LogP contribution in [0.5, 0.6) is 0 Å². The Morgan fingerprint density at radius 1 is 1.29 bits per heavy atom. The van der Waals surface area contributed by atoms with E-state index in [1.54, 1.807) is 0 Å². The number of aromatic nitrogens is 3. The summed E-state index contributed by atoms with van der Waals surface area (Å²) in [5.74, 6) is -2.22. The van der Waals surface area contributed by atoms with E-state index in [0.29, 0.717) is 0 Å². The van der Waals surface area contributed by atoms with Crippen molar-refractivity contribution in [2.75, 3.05) is 0 Å². The topological polar surface area (TPSA) is 90.9 Å². The molecule has 0 spiro atoms. The van der Waals surface area contributed by atoms with Crippen molar-refractivity contribution in [3.8, 4) is 11.4 Å². The number of benzene rings is 1. The van der Waals surface area contributed by atoms with Gasteiger partial charge < -0.3 is 0 Å². The molecule has 2 aromatic rings. The predicted octanol–water partition coefficient (Wildman–Crippen LogP) is 1.53. The number of nitrogens with two attached hydrogens (primary N) is 1. The third-order valence-corrected chi connectivity index (χ3v) is 3.52. The molecule has 0 aliphatic carbocycles. The maximum Gasteiger partial charge on any atom is 0.273 e.